The van der Waals surface area contributed by atoms with E-state index in [4.69, 9.17) is 4.74 Å². The Morgan fingerprint density at radius 3 is 2.69 bits per heavy atom. The Bertz CT molecular complexity index is 399. The molecule has 0 amide bonds. The van der Waals surface area contributed by atoms with E-state index in [1.807, 2.05) is 30.3 Å². The fourth-order valence-corrected chi connectivity index (χ4v) is 1.86. The monoisotopic (exact) mass is 220 g/mol. The molecule has 0 spiro atoms. The molecule has 0 aliphatic carbocycles. The predicted molar refractivity (Wildman–Crippen MR) is 55.4 cm³/mol. The Kier molecular flexibility index (Phi) is 2.90. The van der Waals surface area contributed by atoms with E-state index in [1.165, 1.54) is 7.11 Å². The molecule has 2 atom stereocenters. The molecule has 0 radical (unpaired) electrons. The highest BCUT2D eigenvalue weighted by Crippen LogP contribution is 2.35. The number of benzene rings is 1. The summed E-state index contributed by atoms with van der Waals surface area (Å²) in [4.78, 5) is 22.7. The molecule has 1 aromatic rings. The summed E-state index contributed by atoms with van der Waals surface area (Å²) in [6.07, 6.45) is -0.423. The Morgan fingerprint density at radius 2 is 2.06 bits per heavy atom. The fraction of sp³-hybridized carbons (Fsp3) is 0.333. The summed E-state index contributed by atoms with van der Waals surface area (Å²) < 4.78 is 9.81. The van der Waals surface area contributed by atoms with Crippen LogP contribution < -0.4 is 0 Å². The van der Waals surface area contributed by atoms with Gasteiger partial charge in [-0.1, -0.05) is 30.3 Å². The number of methoxy groups -OCH3 is 1. The summed E-state index contributed by atoms with van der Waals surface area (Å²) in [5.74, 6) is -1.29. The summed E-state index contributed by atoms with van der Waals surface area (Å²) in [6, 6.07) is 9.22. The Morgan fingerprint density at radius 1 is 1.38 bits per heavy atom. The lowest BCUT2D eigenvalue weighted by atomic mass is 9.95. The third-order valence-electron chi connectivity index (χ3n) is 2.64. The van der Waals surface area contributed by atoms with Crippen LogP contribution in [-0.4, -0.2) is 19.0 Å². The van der Waals surface area contributed by atoms with Crippen LogP contribution >= 0.6 is 0 Å². The molecule has 4 nitrogen and oxygen atoms in total. The van der Waals surface area contributed by atoms with Crippen molar-refractivity contribution in [2.24, 2.45) is 5.92 Å². The summed E-state index contributed by atoms with van der Waals surface area (Å²) in [5.41, 5.74) is 0.823. The van der Waals surface area contributed by atoms with Crippen molar-refractivity contribution < 1.29 is 19.1 Å². The van der Waals surface area contributed by atoms with Gasteiger partial charge >= 0.3 is 11.9 Å². The lowest BCUT2D eigenvalue weighted by Crippen LogP contribution is -2.19. The predicted octanol–water partition coefficient (Wildman–Crippen LogP) is 1.46. The number of esters is 2. The van der Waals surface area contributed by atoms with Crippen LogP contribution in [0.4, 0.5) is 0 Å². The van der Waals surface area contributed by atoms with Crippen LogP contribution in [-0.2, 0) is 19.1 Å². The molecule has 1 aliphatic rings. The minimum absolute atomic E-state index is 0.0895. The van der Waals surface area contributed by atoms with Crippen molar-refractivity contribution in [1.29, 1.82) is 0 Å². The van der Waals surface area contributed by atoms with Crippen LogP contribution in [0.25, 0.3) is 0 Å². The molecule has 16 heavy (non-hydrogen) atoms. The second-order valence-corrected chi connectivity index (χ2v) is 3.65. The number of carbonyl (C=O) groups excluding carboxylic acids is 2. The number of carbonyl (C=O) groups is 2. The van der Waals surface area contributed by atoms with Crippen LogP contribution in [0.5, 0.6) is 0 Å². The molecule has 1 saturated heterocycles. The van der Waals surface area contributed by atoms with Gasteiger partial charge in [-0.2, -0.15) is 0 Å². The molecule has 1 aliphatic heterocycles. The van der Waals surface area contributed by atoms with E-state index in [0.717, 1.165) is 5.56 Å². The lowest BCUT2D eigenvalue weighted by Gasteiger charge is -2.15. The van der Waals surface area contributed by atoms with Crippen LogP contribution in [0.3, 0.4) is 0 Å². The molecule has 1 fully saturated rings. The molecule has 4 heteroatoms. The van der Waals surface area contributed by atoms with Gasteiger partial charge < -0.3 is 9.47 Å². The van der Waals surface area contributed by atoms with Crippen molar-refractivity contribution in [2.45, 2.75) is 12.5 Å². The first-order valence-electron chi connectivity index (χ1n) is 5.04. The molecule has 2 unspecified atom stereocenters. The summed E-state index contributed by atoms with van der Waals surface area (Å²) in [6.45, 7) is 0. The smallest absolute Gasteiger partial charge is 0.313 e. The molecule has 1 heterocycles. The number of rotatable bonds is 2. The van der Waals surface area contributed by atoms with E-state index >= 15 is 0 Å². The summed E-state index contributed by atoms with van der Waals surface area (Å²) in [5, 5.41) is 0. The van der Waals surface area contributed by atoms with Gasteiger partial charge in [-0.3, -0.25) is 9.59 Å². The maximum Gasteiger partial charge on any atom is 0.313 e. The lowest BCUT2D eigenvalue weighted by molar-refractivity contribution is -0.147. The minimum Gasteiger partial charge on any atom is -0.469 e. The molecule has 84 valence electrons. The van der Waals surface area contributed by atoms with Gasteiger partial charge in [-0.15, -0.1) is 0 Å². The molecule has 0 saturated carbocycles. The molecule has 2 rings (SSSR count). The highest BCUT2D eigenvalue weighted by atomic mass is 16.6. The third-order valence-corrected chi connectivity index (χ3v) is 2.64. The molecule has 1 aromatic carbocycles. The molecular formula is C12H12O4. The van der Waals surface area contributed by atoms with E-state index in [0.29, 0.717) is 0 Å². The molecule has 0 aromatic heterocycles. The van der Waals surface area contributed by atoms with E-state index in [9.17, 15) is 9.59 Å². The van der Waals surface area contributed by atoms with Crippen molar-refractivity contribution in [2.75, 3.05) is 7.11 Å². The zero-order chi connectivity index (χ0) is 11.5. The van der Waals surface area contributed by atoms with E-state index in [-0.39, 0.29) is 12.4 Å². The first-order chi connectivity index (χ1) is 7.72. The van der Waals surface area contributed by atoms with Gasteiger partial charge in [0.2, 0.25) is 0 Å². The van der Waals surface area contributed by atoms with Gasteiger partial charge in [-0.05, 0) is 5.56 Å². The Balaban J connectivity index is 2.26. The minimum atomic E-state index is -0.528. The largest absolute Gasteiger partial charge is 0.469 e. The maximum absolute atomic E-state index is 11.5. The first kappa shape index (κ1) is 10.7. The topological polar surface area (TPSA) is 52.6 Å². The van der Waals surface area contributed by atoms with Crippen LogP contribution in [0.1, 0.15) is 18.1 Å². The third kappa shape index (κ3) is 1.91. The SMILES string of the molecule is COC(=O)C1CC(=O)OC1c1ccccc1. The maximum atomic E-state index is 11.5. The Labute approximate surface area is 93.2 Å². The van der Waals surface area contributed by atoms with Crippen molar-refractivity contribution in [3.63, 3.8) is 0 Å². The highest BCUT2D eigenvalue weighted by molar-refractivity contribution is 5.83. The van der Waals surface area contributed by atoms with Gasteiger partial charge in [0.1, 0.15) is 12.0 Å². The van der Waals surface area contributed by atoms with Crippen molar-refractivity contribution in [3.05, 3.63) is 35.9 Å². The van der Waals surface area contributed by atoms with Crippen LogP contribution in [0.15, 0.2) is 30.3 Å². The van der Waals surface area contributed by atoms with E-state index in [2.05, 4.69) is 4.74 Å². The van der Waals surface area contributed by atoms with E-state index < -0.39 is 18.0 Å². The van der Waals surface area contributed by atoms with Gasteiger partial charge in [0, 0.05) is 0 Å². The number of ether oxygens (including phenoxy) is 2. The van der Waals surface area contributed by atoms with Gasteiger partial charge in [0.05, 0.1) is 13.5 Å². The summed E-state index contributed by atoms with van der Waals surface area (Å²) in [7, 11) is 1.31. The second-order valence-electron chi connectivity index (χ2n) is 3.65. The van der Waals surface area contributed by atoms with E-state index in [1.54, 1.807) is 0 Å². The zero-order valence-electron chi connectivity index (χ0n) is 8.88. The average Bonchev–Trinajstić information content (AvgIpc) is 2.71. The quantitative estimate of drug-likeness (QED) is 0.708. The van der Waals surface area contributed by atoms with Crippen molar-refractivity contribution in [3.8, 4) is 0 Å². The average molecular weight is 220 g/mol. The number of hydrogen-bond donors (Lipinski definition) is 0. The second kappa shape index (κ2) is 4.35. The first-order valence-corrected chi connectivity index (χ1v) is 5.04. The van der Waals surface area contributed by atoms with Gasteiger partial charge in [-0.25, -0.2) is 0 Å². The van der Waals surface area contributed by atoms with Gasteiger partial charge in [0.25, 0.3) is 0 Å². The van der Waals surface area contributed by atoms with Crippen LogP contribution in [0, 0.1) is 5.92 Å². The normalized spacial score (nSPS) is 23.9. The van der Waals surface area contributed by atoms with Crippen molar-refractivity contribution >= 4 is 11.9 Å². The van der Waals surface area contributed by atoms with Gasteiger partial charge in [0.15, 0.2) is 0 Å². The van der Waals surface area contributed by atoms with Crippen LogP contribution in [0.2, 0.25) is 0 Å². The zero-order valence-corrected chi connectivity index (χ0v) is 8.88. The molecule has 0 bridgehead atoms. The summed E-state index contributed by atoms with van der Waals surface area (Å²) >= 11 is 0. The van der Waals surface area contributed by atoms with Crippen molar-refractivity contribution in [1.82, 2.24) is 0 Å². The molecule has 0 N–H and O–H groups in total. The fourth-order valence-electron chi connectivity index (χ4n) is 1.86. The highest BCUT2D eigenvalue weighted by Gasteiger charge is 2.41. The molecular weight excluding hydrogens is 208 g/mol. The number of hydrogen-bond acceptors (Lipinski definition) is 4. The standard InChI is InChI=1S/C12H12O4/c1-15-12(14)9-7-10(13)16-11(9)8-5-3-2-4-6-8/h2-6,9,11H,7H2,1H3. The Hall–Kier alpha value is -1.84. The number of cyclic esters (lactones) is 1.